The highest BCUT2D eigenvalue weighted by Gasteiger charge is 2.18. The van der Waals surface area contributed by atoms with Crippen molar-refractivity contribution in [2.24, 2.45) is 0 Å². The van der Waals surface area contributed by atoms with Gasteiger partial charge in [0.1, 0.15) is 0 Å². The van der Waals surface area contributed by atoms with Gasteiger partial charge in [-0.3, -0.25) is 0 Å². The second kappa shape index (κ2) is 5.27. The number of hydrogen-bond acceptors (Lipinski definition) is 4. The smallest absolute Gasteiger partial charge is 0.162 e. The lowest BCUT2D eigenvalue weighted by Gasteiger charge is -2.32. The van der Waals surface area contributed by atoms with E-state index in [1.807, 2.05) is 18.2 Å². The summed E-state index contributed by atoms with van der Waals surface area (Å²) in [5, 5.41) is 9.67. The molecule has 1 N–H and O–H groups in total. The minimum Gasteiger partial charge on any atom is -0.493 e. The lowest BCUT2D eigenvalue weighted by molar-refractivity contribution is 0.154. The molecule has 1 unspecified atom stereocenters. The van der Waals surface area contributed by atoms with Gasteiger partial charge in [0.2, 0.25) is 0 Å². The third-order valence-electron chi connectivity index (χ3n) is 3.13. The van der Waals surface area contributed by atoms with Crippen LogP contribution >= 0.6 is 0 Å². The minimum absolute atomic E-state index is 0.225. The molecule has 0 aliphatic carbocycles. The van der Waals surface area contributed by atoms with Crippen molar-refractivity contribution in [1.29, 1.82) is 0 Å². The first-order chi connectivity index (χ1) is 8.24. The van der Waals surface area contributed by atoms with Crippen molar-refractivity contribution in [3.8, 4) is 11.5 Å². The lowest BCUT2D eigenvalue weighted by atomic mass is 10.1. The number of aliphatic hydroxyl groups is 1. The number of aliphatic hydroxyl groups excluding tert-OH is 1. The van der Waals surface area contributed by atoms with Crippen LogP contribution < -0.4 is 14.4 Å². The molecule has 1 heterocycles. The Hall–Kier alpha value is -1.42. The fraction of sp³-hybridized carbons (Fsp3) is 0.538. The average molecular weight is 237 g/mol. The van der Waals surface area contributed by atoms with Crippen molar-refractivity contribution < 1.29 is 14.6 Å². The maximum atomic E-state index is 9.67. The molecule has 2 rings (SSSR count). The summed E-state index contributed by atoms with van der Waals surface area (Å²) < 4.78 is 10.5. The summed E-state index contributed by atoms with van der Waals surface area (Å²) in [7, 11) is 3.26. The van der Waals surface area contributed by atoms with E-state index in [1.54, 1.807) is 14.2 Å². The zero-order valence-electron chi connectivity index (χ0n) is 10.3. The summed E-state index contributed by atoms with van der Waals surface area (Å²) in [6.07, 6.45) is 1.69. The summed E-state index contributed by atoms with van der Waals surface area (Å²) >= 11 is 0. The van der Waals surface area contributed by atoms with Gasteiger partial charge in [0, 0.05) is 24.8 Å². The molecule has 4 heteroatoms. The first-order valence-electron chi connectivity index (χ1n) is 5.89. The highest BCUT2D eigenvalue weighted by atomic mass is 16.5. The highest BCUT2D eigenvalue weighted by Crippen LogP contribution is 2.32. The summed E-state index contributed by atoms with van der Waals surface area (Å²) in [6.45, 7) is 1.67. The van der Waals surface area contributed by atoms with Crippen LogP contribution in [-0.4, -0.2) is 38.5 Å². The number of benzene rings is 1. The van der Waals surface area contributed by atoms with E-state index < -0.39 is 0 Å². The van der Waals surface area contributed by atoms with E-state index in [2.05, 4.69) is 4.90 Å². The third-order valence-corrected chi connectivity index (χ3v) is 3.13. The molecular weight excluding hydrogens is 218 g/mol. The normalized spacial score (nSPS) is 20.2. The highest BCUT2D eigenvalue weighted by molar-refractivity contribution is 5.56. The standard InChI is InChI=1S/C13H19NO3/c1-16-12-6-5-10(8-13(12)17-2)14-7-3-4-11(15)9-14/h5-6,8,11,15H,3-4,7,9H2,1-2H3. The predicted molar refractivity (Wildman–Crippen MR) is 67.0 cm³/mol. The van der Waals surface area contributed by atoms with Crippen molar-refractivity contribution in [2.45, 2.75) is 18.9 Å². The van der Waals surface area contributed by atoms with Crippen molar-refractivity contribution in [1.82, 2.24) is 0 Å². The Labute approximate surface area is 102 Å². The largest absolute Gasteiger partial charge is 0.493 e. The van der Waals surface area contributed by atoms with Crippen LogP contribution in [0.25, 0.3) is 0 Å². The van der Waals surface area contributed by atoms with Gasteiger partial charge in [0.05, 0.1) is 20.3 Å². The molecule has 1 aromatic rings. The second-order valence-electron chi connectivity index (χ2n) is 4.28. The van der Waals surface area contributed by atoms with Crippen molar-refractivity contribution >= 4 is 5.69 Å². The van der Waals surface area contributed by atoms with Crippen LogP contribution in [0.15, 0.2) is 18.2 Å². The number of methoxy groups -OCH3 is 2. The fourth-order valence-corrected chi connectivity index (χ4v) is 2.21. The van der Waals surface area contributed by atoms with E-state index in [-0.39, 0.29) is 6.10 Å². The van der Waals surface area contributed by atoms with E-state index >= 15 is 0 Å². The summed E-state index contributed by atoms with van der Waals surface area (Å²) in [5.41, 5.74) is 1.07. The van der Waals surface area contributed by atoms with E-state index in [4.69, 9.17) is 9.47 Å². The molecule has 1 atom stereocenters. The number of rotatable bonds is 3. The third kappa shape index (κ3) is 2.64. The van der Waals surface area contributed by atoms with Crippen LogP contribution in [0.3, 0.4) is 0 Å². The van der Waals surface area contributed by atoms with Crippen LogP contribution in [0.1, 0.15) is 12.8 Å². The molecule has 4 nitrogen and oxygen atoms in total. The summed E-state index contributed by atoms with van der Waals surface area (Å²) in [4.78, 5) is 2.18. The predicted octanol–water partition coefficient (Wildman–Crippen LogP) is 1.66. The first-order valence-corrected chi connectivity index (χ1v) is 5.89. The van der Waals surface area contributed by atoms with Gasteiger partial charge in [0.25, 0.3) is 0 Å². The molecule has 1 aliphatic heterocycles. The molecule has 0 radical (unpaired) electrons. The van der Waals surface area contributed by atoms with Gasteiger partial charge in [-0.25, -0.2) is 0 Å². The van der Waals surface area contributed by atoms with Crippen molar-refractivity contribution in [2.75, 3.05) is 32.2 Å². The quantitative estimate of drug-likeness (QED) is 0.868. The molecular formula is C13H19NO3. The molecule has 1 saturated heterocycles. The molecule has 0 spiro atoms. The van der Waals surface area contributed by atoms with E-state index in [0.29, 0.717) is 6.54 Å². The van der Waals surface area contributed by atoms with Gasteiger partial charge >= 0.3 is 0 Å². The van der Waals surface area contributed by atoms with E-state index in [0.717, 1.165) is 36.6 Å². The Morgan fingerprint density at radius 1 is 1.24 bits per heavy atom. The minimum atomic E-state index is -0.225. The van der Waals surface area contributed by atoms with Gasteiger partial charge in [-0.15, -0.1) is 0 Å². The van der Waals surface area contributed by atoms with Gasteiger partial charge < -0.3 is 19.5 Å². The molecule has 0 saturated carbocycles. The Morgan fingerprint density at radius 2 is 2.00 bits per heavy atom. The molecule has 0 bridgehead atoms. The molecule has 1 aromatic carbocycles. The second-order valence-corrected chi connectivity index (χ2v) is 4.28. The van der Waals surface area contributed by atoms with Crippen LogP contribution in [0, 0.1) is 0 Å². The van der Waals surface area contributed by atoms with Gasteiger partial charge in [-0.05, 0) is 25.0 Å². The van der Waals surface area contributed by atoms with Gasteiger partial charge in [-0.1, -0.05) is 0 Å². The summed E-state index contributed by atoms with van der Waals surface area (Å²) in [6, 6.07) is 5.85. The Kier molecular flexibility index (Phi) is 3.74. The van der Waals surface area contributed by atoms with Crippen molar-refractivity contribution in [3.63, 3.8) is 0 Å². The Balaban J connectivity index is 2.20. The molecule has 94 valence electrons. The number of piperidine rings is 1. The molecule has 0 aromatic heterocycles. The van der Waals surface area contributed by atoms with Crippen LogP contribution in [0.2, 0.25) is 0 Å². The number of nitrogens with zero attached hydrogens (tertiary/aromatic N) is 1. The van der Waals surface area contributed by atoms with Crippen molar-refractivity contribution in [3.05, 3.63) is 18.2 Å². The zero-order chi connectivity index (χ0) is 12.3. The fourth-order valence-electron chi connectivity index (χ4n) is 2.21. The average Bonchev–Trinajstić information content (AvgIpc) is 2.38. The molecule has 0 amide bonds. The van der Waals surface area contributed by atoms with Gasteiger partial charge in [0.15, 0.2) is 11.5 Å². The molecule has 1 aliphatic rings. The number of anilines is 1. The van der Waals surface area contributed by atoms with E-state index in [1.165, 1.54) is 0 Å². The maximum absolute atomic E-state index is 9.67. The maximum Gasteiger partial charge on any atom is 0.162 e. The first kappa shape index (κ1) is 12.0. The number of hydrogen-bond donors (Lipinski definition) is 1. The molecule has 1 fully saturated rings. The van der Waals surface area contributed by atoms with Crippen LogP contribution in [-0.2, 0) is 0 Å². The zero-order valence-corrected chi connectivity index (χ0v) is 10.3. The SMILES string of the molecule is COc1ccc(N2CCCC(O)C2)cc1OC. The topological polar surface area (TPSA) is 41.9 Å². The lowest BCUT2D eigenvalue weighted by Crippen LogP contribution is -2.38. The van der Waals surface area contributed by atoms with Gasteiger partial charge in [-0.2, -0.15) is 0 Å². The Bertz CT molecular complexity index is 381. The summed E-state index contributed by atoms with van der Waals surface area (Å²) in [5.74, 6) is 1.46. The number of β-amino-alcohol motifs (C(OH)–C–C–N with tert-alkyl or cyclic N) is 1. The Morgan fingerprint density at radius 3 is 2.65 bits per heavy atom. The van der Waals surface area contributed by atoms with Crippen LogP contribution in [0.5, 0.6) is 11.5 Å². The van der Waals surface area contributed by atoms with E-state index in [9.17, 15) is 5.11 Å². The van der Waals surface area contributed by atoms with Crippen LogP contribution in [0.4, 0.5) is 5.69 Å². The molecule has 17 heavy (non-hydrogen) atoms. The number of ether oxygens (including phenoxy) is 2. The monoisotopic (exact) mass is 237 g/mol.